The van der Waals surface area contributed by atoms with Gasteiger partial charge in [0.2, 0.25) is 0 Å². The average molecular weight is 153 g/mol. The number of anilines is 1. The van der Waals surface area contributed by atoms with E-state index in [2.05, 4.69) is 10.2 Å². The van der Waals surface area contributed by atoms with Crippen LogP contribution in [0.4, 0.5) is 5.82 Å². The number of carbonyl (C=O) groups excluding carboxylic acids is 1. The summed E-state index contributed by atoms with van der Waals surface area (Å²) in [6.45, 7) is 1.82. The lowest BCUT2D eigenvalue weighted by atomic mass is 10.2. The molecule has 0 amide bonds. The molecular weight excluding hydrogens is 142 g/mol. The molecule has 0 saturated carbocycles. The monoisotopic (exact) mass is 153 g/mol. The number of H-pyrrole nitrogens is 1. The van der Waals surface area contributed by atoms with Gasteiger partial charge in [-0.2, -0.15) is 5.10 Å². The van der Waals surface area contributed by atoms with Crippen LogP contribution < -0.4 is 4.90 Å². The van der Waals surface area contributed by atoms with Gasteiger partial charge in [-0.25, -0.2) is 0 Å². The van der Waals surface area contributed by atoms with E-state index in [0.717, 1.165) is 12.0 Å². The molecule has 0 bridgehead atoms. The predicted molar refractivity (Wildman–Crippen MR) is 43.0 cm³/mol. The van der Waals surface area contributed by atoms with Crippen LogP contribution in [0.1, 0.15) is 16.1 Å². The molecule has 0 aromatic carbocycles. The van der Waals surface area contributed by atoms with E-state index in [1.54, 1.807) is 4.90 Å². The highest BCUT2D eigenvalue weighted by Crippen LogP contribution is 2.14. The molecule has 1 aromatic rings. The lowest BCUT2D eigenvalue weighted by Crippen LogP contribution is -2.11. The van der Waals surface area contributed by atoms with Crippen LogP contribution in [0.15, 0.2) is 0 Å². The van der Waals surface area contributed by atoms with Gasteiger partial charge in [-0.3, -0.25) is 9.89 Å². The molecule has 60 valence electrons. The van der Waals surface area contributed by atoms with Crippen LogP contribution in [0.3, 0.4) is 0 Å². The Hall–Kier alpha value is -1.32. The van der Waals surface area contributed by atoms with E-state index in [1.807, 2.05) is 21.0 Å². The standard InChI is InChI=1S/C7H11N3O/c1-5-6(4-11)7(9-8-5)10(2)3/h4H,1-3H3,(H,8,9). The zero-order chi connectivity index (χ0) is 8.43. The minimum atomic E-state index is 0.634. The molecule has 0 atom stereocenters. The number of nitrogens with zero attached hydrogens (tertiary/aromatic N) is 2. The van der Waals surface area contributed by atoms with Crippen molar-refractivity contribution in [2.45, 2.75) is 6.92 Å². The Morgan fingerprint density at radius 2 is 2.18 bits per heavy atom. The van der Waals surface area contributed by atoms with E-state index >= 15 is 0 Å². The average Bonchev–Trinajstić information content (AvgIpc) is 2.30. The molecule has 0 aliphatic carbocycles. The van der Waals surface area contributed by atoms with E-state index in [1.165, 1.54) is 0 Å². The van der Waals surface area contributed by atoms with Gasteiger partial charge in [0.25, 0.3) is 0 Å². The Labute approximate surface area is 65.2 Å². The Kier molecular flexibility index (Phi) is 1.94. The molecule has 4 nitrogen and oxygen atoms in total. The number of aldehydes is 1. The fourth-order valence-corrected chi connectivity index (χ4v) is 0.907. The molecule has 0 radical (unpaired) electrons. The number of rotatable bonds is 2. The van der Waals surface area contributed by atoms with Crippen molar-refractivity contribution in [3.63, 3.8) is 0 Å². The minimum absolute atomic E-state index is 0.634. The molecule has 0 unspecified atom stereocenters. The first-order chi connectivity index (χ1) is 5.16. The van der Waals surface area contributed by atoms with E-state index in [-0.39, 0.29) is 0 Å². The lowest BCUT2D eigenvalue weighted by molar-refractivity contribution is 0.112. The predicted octanol–water partition coefficient (Wildman–Crippen LogP) is 0.597. The molecule has 0 saturated heterocycles. The molecular formula is C7H11N3O. The highest BCUT2D eigenvalue weighted by molar-refractivity contribution is 5.84. The summed E-state index contributed by atoms with van der Waals surface area (Å²) in [6, 6.07) is 0. The van der Waals surface area contributed by atoms with Crippen LogP contribution in [0.5, 0.6) is 0 Å². The first-order valence-electron chi connectivity index (χ1n) is 3.34. The van der Waals surface area contributed by atoms with Gasteiger partial charge in [0.15, 0.2) is 12.1 Å². The minimum Gasteiger partial charge on any atom is -0.361 e. The van der Waals surface area contributed by atoms with Crippen molar-refractivity contribution < 1.29 is 4.79 Å². The van der Waals surface area contributed by atoms with Crippen molar-refractivity contribution in [3.05, 3.63) is 11.3 Å². The Morgan fingerprint density at radius 1 is 1.55 bits per heavy atom. The number of aromatic amines is 1. The summed E-state index contributed by atoms with van der Waals surface area (Å²) in [5.74, 6) is 0.692. The van der Waals surface area contributed by atoms with Gasteiger partial charge in [0.05, 0.1) is 5.56 Å². The second-order valence-corrected chi connectivity index (χ2v) is 2.60. The summed E-state index contributed by atoms with van der Waals surface area (Å²) >= 11 is 0. The van der Waals surface area contributed by atoms with Crippen molar-refractivity contribution in [1.29, 1.82) is 0 Å². The summed E-state index contributed by atoms with van der Waals surface area (Å²) in [7, 11) is 3.70. The van der Waals surface area contributed by atoms with Crippen LogP contribution in [0.2, 0.25) is 0 Å². The molecule has 0 aliphatic heterocycles. The van der Waals surface area contributed by atoms with Gasteiger partial charge in [-0.05, 0) is 6.92 Å². The summed E-state index contributed by atoms with van der Waals surface area (Å²) < 4.78 is 0. The van der Waals surface area contributed by atoms with Crippen LogP contribution in [0, 0.1) is 6.92 Å². The first kappa shape index (κ1) is 7.78. The maximum absolute atomic E-state index is 10.5. The highest BCUT2D eigenvalue weighted by Gasteiger charge is 2.09. The number of carbonyl (C=O) groups is 1. The van der Waals surface area contributed by atoms with E-state index < -0.39 is 0 Å². The van der Waals surface area contributed by atoms with Crippen LogP contribution in [-0.4, -0.2) is 30.6 Å². The highest BCUT2D eigenvalue weighted by atomic mass is 16.1. The van der Waals surface area contributed by atoms with Crippen LogP contribution >= 0.6 is 0 Å². The van der Waals surface area contributed by atoms with Crippen molar-refractivity contribution in [3.8, 4) is 0 Å². The Bertz CT molecular complexity index is 265. The first-order valence-corrected chi connectivity index (χ1v) is 3.34. The Balaban J connectivity index is 3.15. The third kappa shape index (κ3) is 1.24. The van der Waals surface area contributed by atoms with Crippen LogP contribution in [0.25, 0.3) is 0 Å². The summed E-state index contributed by atoms with van der Waals surface area (Å²) in [6.07, 6.45) is 0.814. The number of hydrogen-bond acceptors (Lipinski definition) is 3. The molecule has 1 N–H and O–H groups in total. The van der Waals surface area contributed by atoms with E-state index in [0.29, 0.717) is 11.4 Å². The summed E-state index contributed by atoms with van der Waals surface area (Å²) in [4.78, 5) is 12.3. The van der Waals surface area contributed by atoms with E-state index in [9.17, 15) is 4.79 Å². The molecule has 1 aromatic heterocycles. The summed E-state index contributed by atoms with van der Waals surface area (Å²) in [5.41, 5.74) is 1.44. The van der Waals surface area contributed by atoms with Gasteiger partial charge in [0, 0.05) is 19.8 Å². The molecule has 0 spiro atoms. The SMILES string of the molecule is Cc1[nH]nc(N(C)C)c1C=O. The van der Waals surface area contributed by atoms with Gasteiger partial charge in [0.1, 0.15) is 0 Å². The van der Waals surface area contributed by atoms with Gasteiger partial charge >= 0.3 is 0 Å². The number of hydrogen-bond donors (Lipinski definition) is 1. The molecule has 1 rings (SSSR count). The second kappa shape index (κ2) is 2.74. The fourth-order valence-electron chi connectivity index (χ4n) is 0.907. The summed E-state index contributed by atoms with van der Waals surface area (Å²) in [5, 5.41) is 6.70. The van der Waals surface area contributed by atoms with Crippen molar-refractivity contribution in [2.75, 3.05) is 19.0 Å². The smallest absolute Gasteiger partial charge is 0.160 e. The van der Waals surface area contributed by atoms with Crippen LogP contribution in [-0.2, 0) is 0 Å². The third-order valence-electron chi connectivity index (χ3n) is 1.52. The molecule has 11 heavy (non-hydrogen) atoms. The van der Waals surface area contributed by atoms with E-state index in [4.69, 9.17) is 0 Å². The Morgan fingerprint density at radius 3 is 2.55 bits per heavy atom. The number of aryl methyl sites for hydroxylation is 1. The molecule has 0 aliphatic rings. The molecule has 4 heteroatoms. The van der Waals surface area contributed by atoms with Crippen molar-refractivity contribution in [2.24, 2.45) is 0 Å². The fraction of sp³-hybridized carbons (Fsp3) is 0.429. The largest absolute Gasteiger partial charge is 0.361 e. The normalized spacial score (nSPS) is 9.73. The lowest BCUT2D eigenvalue weighted by Gasteiger charge is -2.07. The quantitative estimate of drug-likeness (QED) is 0.633. The van der Waals surface area contributed by atoms with Crippen molar-refractivity contribution in [1.82, 2.24) is 10.2 Å². The van der Waals surface area contributed by atoms with Crippen molar-refractivity contribution >= 4 is 12.1 Å². The van der Waals surface area contributed by atoms with Gasteiger partial charge < -0.3 is 4.90 Å². The number of nitrogens with one attached hydrogen (secondary N) is 1. The third-order valence-corrected chi connectivity index (χ3v) is 1.52. The zero-order valence-electron chi connectivity index (χ0n) is 6.88. The zero-order valence-corrected chi connectivity index (χ0v) is 6.88. The maximum Gasteiger partial charge on any atom is 0.160 e. The van der Waals surface area contributed by atoms with Gasteiger partial charge in [-0.1, -0.05) is 0 Å². The second-order valence-electron chi connectivity index (χ2n) is 2.60. The molecule has 1 heterocycles. The maximum atomic E-state index is 10.5. The topological polar surface area (TPSA) is 49.0 Å². The molecule has 0 fully saturated rings. The number of aromatic nitrogens is 2. The van der Waals surface area contributed by atoms with Gasteiger partial charge in [-0.15, -0.1) is 0 Å².